The molecule has 0 aliphatic rings. The van der Waals surface area contributed by atoms with E-state index in [2.05, 4.69) is 45.9 Å². The predicted octanol–water partition coefficient (Wildman–Crippen LogP) is 3.21. The Morgan fingerprint density at radius 3 is 1.82 bits per heavy atom. The van der Waals surface area contributed by atoms with Gasteiger partial charge in [-0.05, 0) is 0 Å². The van der Waals surface area contributed by atoms with Crippen LogP contribution in [0.3, 0.4) is 0 Å². The van der Waals surface area contributed by atoms with Gasteiger partial charge in [-0.2, -0.15) is 0 Å². The van der Waals surface area contributed by atoms with Gasteiger partial charge in [-0.25, -0.2) is 0 Å². The van der Waals surface area contributed by atoms with Crippen molar-refractivity contribution in [2.24, 2.45) is 0 Å². The molecule has 11 heavy (non-hydrogen) atoms. The Hall–Kier alpha value is 0.576. The molecule has 0 nitrogen and oxygen atoms in total. The van der Waals surface area contributed by atoms with Crippen molar-refractivity contribution >= 4 is 26.5 Å². The zero-order valence-electron chi connectivity index (χ0n) is 8.71. The average Bonchev–Trinajstić information content (AvgIpc) is 1.55. The van der Waals surface area contributed by atoms with Crippen LogP contribution in [-0.2, 0) is 0 Å². The molecule has 0 heterocycles. The summed E-state index contributed by atoms with van der Waals surface area (Å²) in [4.78, 5) is 7.31. The summed E-state index contributed by atoms with van der Waals surface area (Å²) in [6.07, 6.45) is 0. The van der Waals surface area contributed by atoms with Crippen LogP contribution in [-0.4, -0.2) is 26.5 Å². The fraction of sp³-hybridized carbons (Fsp3) is 0.778. The van der Waals surface area contributed by atoms with Crippen LogP contribution in [0.25, 0.3) is 0 Å². The summed E-state index contributed by atoms with van der Waals surface area (Å²) >= 11 is -1.56. The molecule has 0 unspecified atom stereocenters. The molecular weight excluding hydrogens is 255 g/mol. The summed E-state index contributed by atoms with van der Waals surface area (Å²) in [5, 5.41) is 0. The summed E-state index contributed by atoms with van der Waals surface area (Å²) in [6, 6.07) is 0. The normalized spacial score (nSPS) is 12.2. The van der Waals surface area contributed by atoms with Crippen LogP contribution < -0.4 is 0 Å². The molecule has 0 aromatic heterocycles. The van der Waals surface area contributed by atoms with Crippen LogP contribution in [0.1, 0.15) is 0 Å². The molecule has 0 N–H and O–H groups in total. The molecular formula is C9H20SiSn. The maximum absolute atomic E-state index is 3.42. The van der Waals surface area contributed by atoms with Crippen LogP contribution in [0.15, 0.2) is 0 Å². The first kappa shape index (κ1) is 11.6. The molecule has 0 fully saturated rings. The average molecular weight is 275 g/mol. The second-order valence-corrected chi connectivity index (χ2v) is 25.7. The van der Waals surface area contributed by atoms with Gasteiger partial charge in [-0.15, -0.1) is 0 Å². The van der Waals surface area contributed by atoms with Crippen molar-refractivity contribution in [2.75, 3.05) is 0 Å². The molecule has 0 bridgehead atoms. The van der Waals surface area contributed by atoms with E-state index < -0.39 is 26.5 Å². The van der Waals surface area contributed by atoms with Gasteiger partial charge in [0.15, 0.2) is 0 Å². The first-order chi connectivity index (χ1) is 4.71. The Balaban J connectivity index is 3.94. The van der Waals surface area contributed by atoms with E-state index >= 15 is 0 Å². The molecule has 0 saturated heterocycles. The Bertz CT molecular complexity index is 172. The van der Waals surface area contributed by atoms with E-state index in [1.54, 1.807) is 0 Å². The first-order valence-corrected chi connectivity index (χ1v) is 18.3. The van der Waals surface area contributed by atoms with E-state index in [0.717, 1.165) is 0 Å². The zero-order valence-corrected chi connectivity index (χ0v) is 12.6. The number of rotatable bonds is 1. The van der Waals surface area contributed by atoms with Crippen LogP contribution in [0.4, 0.5) is 0 Å². The number of hydrogen-bond donors (Lipinski definition) is 0. The van der Waals surface area contributed by atoms with Crippen LogP contribution >= 0.6 is 0 Å². The van der Waals surface area contributed by atoms with Gasteiger partial charge in [-0.3, -0.25) is 0 Å². The minimum absolute atomic E-state index is 1.08. The van der Waals surface area contributed by atoms with Crippen molar-refractivity contribution in [3.63, 3.8) is 0 Å². The molecule has 0 saturated carbocycles. The summed E-state index contributed by atoms with van der Waals surface area (Å²) in [5.74, 6) is 3.37. The SMILES string of the molecule is C[Si](C)(C)C#C[CH2][Sn]([CH3])([CH3])[CH3]. The molecule has 0 radical (unpaired) electrons. The topological polar surface area (TPSA) is 0 Å². The Morgan fingerprint density at radius 2 is 1.55 bits per heavy atom. The Morgan fingerprint density at radius 1 is 1.09 bits per heavy atom. The third-order valence-electron chi connectivity index (χ3n) is 1.08. The molecule has 0 atom stereocenters. The van der Waals surface area contributed by atoms with Crippen LogP contribution in [0, 0.1) is 11.5 Å². The molecule has 0 aromatic rings. The summed E-state index contributed by atoms with van der Waals surface area (Å²) in [5.41, 5.74) is 3.42. The Kier molecular flexibility index (Phi) is 4.21. The third-order valence-corrected chi connectivity index (χ3v) is 5.54. The van der Waals surface area contributed by atoms with Gasteiger partial charge in [-0.1, -0.05) is 0 Å². The van der Waals surface area contributed by atoms with E-state index in [9.17, 15) is 0 Å². The van der Waals surface area contributed by atoms with Gasteiger partial charge in [0.1, 0.15) is 0 Å². The summed E-state index contributed by atoms with van der Waals surface area (Å²) in [6.45, 7) is 6.91. The van der Waals surface area contributed by atoms with E-state index in [1.807, 2.05) is 0 Å². The first-order valence-electron chi connectivity index (χ1n) is 4.21. The number of hydrogen-bond acceptors (Lipinski definition) is 0. The zero-order chi connectivity index (χ0) is 9.12. The van der Waals surface area contributed by atoms with Crippen LogP contribution in [0.5, 0.6) is 0 Å². The molecule has 0 amide bonds. The van der Waals surface area contributed by atoms with Gasteiger partial charge in [0, 0.05) is 0 Å². The van der Waals surface area contributed by atoms with Crippen molar-refractivity contribution in [3.05, 3.63) is 0 Å². The van der Waals surface area contributed by atoms with E-state index in [-0.39, 0.29) is 0 Å². The second-order valence-electron chi connectivity index (χ2n) is 5.29. The van der Waals surface area contributed by atoms with Gasteiger partial charge in [0.2, 0.25) is 0 Å². The van der Waals surface area contributed by atoms with Crippen molar-refractivity contribution < 1.29 is 0 Å². The predicted molar refractivity (Wildman–Crippen MR) is 59.3 cm³/mol. The van der Waals surface area contributed by atoms with Crippen molar-refractivity contribution in [1.82, 2.24) is 0 Å². The molecule has 2 heteroatoms. The van der Waals surface area contributed by atoms with Gasteiger partial charge >= 0.3 is 76.8 Å². The molecule has 0 rings (SSSR count). The van der Waals surface area contributed by atoms with Gasteiger partial charge in [0.25, 0.3) is 0 Å². The standard InChI is InChI=1S/C6H11Si.3CH3.Sn/c1-5-6-7(2,3)4;;;;/h1H2,2-4H3;3*1H3;. The third kappa shape index (κ3) is 10.6. The Labute approximate surface area is 76.7 Å². The van der Waals surface area contributed by atoms with E-state index in [1.165, 1.54) is 4.44 Å². The molecule has 0 spiro atoms. The minimum atomic E-state index is -1.56. The van der Waals surface area contributed by atoms with Gasteiger partial charge < -0.3 is 0 Å². The fourth-order valence-corrected chi connectivity index (χ4v) is 3.46. The van der Waals surface area contributed by atoms with E-state index in [4.69, 9.17) is 0 Å². The van der Waals surface area contributed by atoms with Gasteiger partial charge in [0.05, 0.1) is 0 Å². The maximum atomic E-state index is 3.42. The van der Waals surface area contributed by atoms with Crippen molar-refractivity contribution in [2.45, 2.75) is 38.9 Å². The summed E-state index contributed by atoms with van der Waals surface area (Å²) in [7, 11) is -1.08. The molecule has 0 aromatic carbocycles. The van der Waals surface area contributed by atoms with E-state index in [0.29, 0.717) is 0 Å². The summed E-state index contributed by atoms with van der Waals surface area (Å²) < 4.78 is 1.24. The second kappa shape index (κ2) is 4.00. The quantitative estimate of drug-likeness (QED) is 0.509. The molecule has 64 valence electrons. The van der Waals surface area contributed by atoms with Crippen molar-refractivity contribution in [1.29, 1.82) is 0 Å². The van der Waals surface area contributed by atoms with Crippen LogP contribution in [0.2, 0.25) is 38.9 Å². The van der Waals surface area contributed by atoms with Crippen molar-refractivity contribution in [3.8, 4) is 11.5 Å². The monoisotopic (exact) mass is 276 g/mol. The molecule has 0 aliphatic heterocycles. The fourth-order valence-electron chi connectivity index (χ4n) is 0.575. The molecule has 0 aliphatic carbocycles.